The van der Waals surface area contributed by atoms with Gasteiger partial charge in [-0.2, -0.15) is 0 Å². The van der Waals surface area contributed by atoms with E-state index < -0.39 is 0 Å². The van der Waals surface area contributed by atoms with Gasteiger partial charge < -0.3 is 9.73 Å². The third kappa shape index (κ3) is 4.09. The summed E-state index contributed by atoms with van der Waals surface area (Å²) >= 11 is 1.60. The minimum Gasteiger partial charge on any atom is -0.457 e. The van der Waals surface area contributed by atoms with E-state index in [-0.39, 0.29) is 11.8 Å². The number of furan rings is 1. The highest BCUT2D eigenvalue weighted by Crippen LogP contribution is 2.31. The second-order valence-electron chi connectivity index (χ2n) is 6.55. The van der Waals surface area contributed by atoms with Crippen molar-refractivity contribution in [2.24, 2.45) is 0 Å². The number of fused-ring (bicyclic) bond motifs is 1. The number of aromatic nitrogens is 1. The highest BCUT2D eigenvalue weighted by atomic mass is 32.1. The van der Waals surface area contributed by atoms with Crippen molar-refractivity contribution >= 4 is 27.5 Å². The third-order valence-electron chi connectivity index (χ3n) is 4.49. The van der Waals surface area contributed by atoms with Crippen molar-refractivity contribution < 1.29 is 9.21 Å². The Labute approximate surface area is 161 Å². The Balaban J connectivity index is 1.36. The first-order chi connectivity index (χ1) is 13.2. The number of para-hydroxylation sites is 1. The molecule has 0 aliphatic rings. The lowest BCUT2D eigenvalue weighted by Crippen LogP contribution is -2.23. The fourth-order valence-corrected chi connectivity index (χ4v) is 3.93. The zero-order chi connectivity index (χ0) is 18.6. The van der Waals surface area contributed by atoms with E-state index in [1.165, 1.54) is 5.56 Å². The maximum absolute atomic E-state index is 12.2. The Kier molecular flexibility index (Phi) is 5.03. The Morgan fingerprint density at radius 2 is 1.85 bits per heavy atom. The molecule has 0 spiro atoms. The smallest absolute Gasteiger partial charge is 0.220 e. The summed E-state index contributed by atoms with van der Waals surface area (Å²) in [5.41, 5.74) is 2.14. The molecule has 2 aromatic carbocycles. The standard InChI is InChI=1S/C22H20N2O2S/c1-15(16-7-3-2-4-8-16)13-21(25)23-14-17-11-12-19(26-17)22-24-18-9-5-6-10-20(18)27-22/h2-12,15H,13-14H2,1H3,(H,23,25)/t15-/m1/s1. The van der Waals surface area contributed by atoms with Crippen molar-refractivity contribution in [3.05, 3.63) is 78.1 Å². The minimum absolute atomic E-state index is 0.0179. The van der Waals surface area contributed by atoms with Gasteiger partial charge in [0.25, 0.3) is 0 Å². The van der Waals surface area contributed by atoms with Crippen LogP contribution in [0.5, 0.6) is 0 Å². The number of hydrogen-bond acceptors (Lipinski definition) is 4. The zero-order valence-corrected chi connectivity index (χ0v) is 15.8. The monoisotopic (exact) mass is 376 g/mol. The number of thiazole rings is 1. The van der Waals surface area contributed by atoms with Crippen LogP contribution in [0.2, 0.25) is 0 Å². The van der Waals surface area contributed by atoms with Gasteiger partial charge in [-0.3, -0.25) is 4.79 Å². The van der Waals surface area contributed by atoms with Crippen molar-refractivity contribution in [3.8, 4) is 10.8 Å². The summed E-state index contributed by atoms with van der Waals surface area (Å²) in [5, 5.41) is 3.79. The largest absolute Gasteiger partial charge is 0.457 e. The zero-order valence-electron chi connectivity index (χ0n) is 15.0. The van der Waals surface area contributed by atoms with Crippen LogP contribution in [0.3, 0.4) is 0 Å². The first kappa shape index (κ1) is 17.5. The van der Waals surface area contributed by atoms with Crippen molar-refractivity contribution in [2.45, 2.75) is 25.8 Å². The summed E-state index contributed by atoms with van der Waals surface area (Å²) in [5.74, 6) is 1.66. The van der Waals surface area contributed by atoms with E-state index in [1.54, 1.807) is 11.3 Å². The van der Waals surface area contributed by atoms with Crippen LogP contribution in [0.4, 0.5) is 0 Å². The summed E-state index contributed by atoms with van der Waals surface area (Å²) in [6, 6.07) is 21.9. The number of benzene rings is 2. The van der Waals surface area contributed by atoms with Gasteiger partial charge in [0.2, 0.25) is 5.91 Å². The van der Waals surface area contributed by atoms with E-state index in [2.05, 4.69) is 35.4 Å². The van der Waals surface area contributed by atoms with E-state index in [0.717, 1.165) is 26.7 Å². The molecule has 1 N–H and O–H groups in total. The summed E-state index contributed by atoms with van der Waals surface area (Å²) in [4.78, 5) is 16.8. The summed E-state index contributed by atoms with van der Waals surface area (Å²) in [7, 11) is 0. The van der Waals surface area contributed by atoms with Crippen LogP contribution in [-0.4, -0.2) is 10.9 Å². The van der Waals surface area contributed by atoms with Gasteiger partial charge >= 0.3 is 0 Å². The Bertz CT molecular complexity index is 1020. The van der Waals surface area contributed by atoms with Crippen molar-refractivity contribution in [2.75, 3.05) is 0 Å². The normalized spacial score (nSPS) is 12.2. The topological polar surface area (TPSA) is 55.1 Å². The lowest BCUT2D eigenvalue weighted by atomic mass is 9.98. The maximum atomic E-state index is 12.2. The molecule has 0 radical (unpaired) electrons. The van der Waals surface area contributed by atoms with E-state index in [0.29, 0.717) is 13.0 Å². The van der Waals surface area contributed by atoms with Gasteiger partial charge in [-0.25, -0.2) is 4.98 Å². The average molecular weight is 376 g/mol. The predicted octanol–water partition coefficient (Wildman–Crippen LogP) is 5.37. The van der Waals surface area contributed by atoms with Crippen LogP contribution in [0.15, 0.2) is 71.1 Å². The molecular weight excluding hydrogens is 356 g/mol. The number of carbonyl (C=O) groups is 1. The first-order valence-electron chi connectivity index (χ1n) is 8.95. The molecule has 2 heterocycles. The molecule has 0 fully saturated rings. The van der Waals surface area contributed by atoms with Gasteiger partial charge in [0.15, 0.2) is 10.8 Å². The fraction of sp³-hybridized carbons (Fsp3) is 0.182. The van der Waals surface area contributed by atoms with E-state index in [4.69, 9.17) is 4.42 Å². The Morgan fingerprint density at radius 1 is 1.07 bits per heavy atom. The molecule has 0 saturated heterocycles. The van der Waals surface area contributed by atoms with Gasteiger partial charge in [-0.1, -0.05) is 49.4 Å². The van der Waals surface area contributed by atoms with E-state index in [1.807, 2.05) is 48.5 Å². The first-order valence-corrected chi connectivity index (χ1v) is 9.77. The van der Waals surface area contributed by atoms with Crippen LogP contribution in [0.25, 0.3) is 21.0 Å². The van der Waals surface area contributed by atoms with E-state index >= 15 is 0 Å². The number of nitrogens with one attached hydrogen (secondary N) is 1. The molecule has 2 aromatic heterocycles. The molecule has 5 heteroatoms. The Hall–Kier alpha value is -2.92. The van der Waals surface area contributed by atoms with Crippen LogP contribution < -0.4 is 5.32 Å². The molecule has 136 valence electrons. The predicted molar refractivity (Wildman–Crippen MR) is 109 cm³/mol. The summed E-state index contributed by atoms with van der Waals surface area (Å²) in [6.07, 6.45) is 0.454. The van der Waals surface area contributed by atoms with Crippen molar-refractivity contribution in [1.29, 1.82) is 0 Å². The molecule has 27 heavy (non-hydrogen) atoms. The summed E-state index contributed by atoms with van der Waals surface area (Å²) < 4.78 is 7.01. The SMILES string of the molecule is C[C@H](CC(=O)NCc1ccc(-c2nc3ccccc3s2)o1)c1ccccc1. The number of hydrogen-bond donors (Lipinski definition) is 1. The van der Waals surface area contributed by atoms with Gasteiger partial charge in [-0.15, -0.1) is 11.3 Å². The van der Waals surface area contributed by atoms with E-state index in [9.17, 15) is 4.79 Å². The molecule has 0 bridgehead atoms. The molecule has 1 atom stereocenters. The second kappa shape index (κ2) is 7.76. The van der Waals surface area contributed by atoms with Gasteiger partial charge in [0.1, 0.15) is 5.76 Å². The average Bonchev–Trinajstić information content (AvgIpc) is 3.33. The van der Waals surface area contributed by atoms with Crippen LogP contribution in [0.1, 0.15) is 30.6 Å². The lowest BCUT2D eigenvalue weighted by molar-refractivity contribution is -0.121. The molecule has 4 rings (SSSR count). The molecule has 0 aliphatic carbocycles. The molecule has 4 nitrogen and oxygen atoms in total. The molecular formula is C22H20N2O2S. The van der Waals surface area contributed by atoms with Crippen LogP contribution in [0, 0.1) is 0 Å². The van der Waals surface area contributed by atoms with Gasteiger partial charge in [0.05, 0.1) is 16.8 Å². The van der Waals surface area contributed by atoms with Crippen LogP contribution >= 0.6 is 11.3 Å². The second-order valence-corrected chi connectivity index (χ2v) is 7.58. The number of nitrogens with zero attached hydrogens (tertiary/aromatic N) is 1. The fourth-order valence-electron chi connectivity index (χ4n) is 3.00. The Morgan fingerprint density at radius 3 is 2.67 bits per heavy atom. The number of carbonyl (C=O) groups excluding carboxylic acids is 1. The highest BCUT2D eigenvalue weighted by Gasteiger charge is 2.13. The quantitative estimate of drug-likeness (QED) is 0.492. The lowest BCUT2D eigenvalue weighted by Gasteiger charge is -2.11. The van der Waals surface area contributed by atoms with Gasteiger partial charge in [0, 0.05) is 6.42 Å². The van der Waals surface area contributed by atoms with Gasteiger partial charge in [-0.05, 0) is 35.7 Å². The highest BCUT2D eigenvalue weighted by molar-refractivity contribution is 7.21. The molecule has 0 saturated carbocycles. The molecule has 1 amide bonds. The summed E-state index contributed by atoms with van der Waals surface area (Å²) in [6.45, 7) is 2.44. The third-order valence-corrected chi connectivity index (χ3v) is 5.54. The van der Waals surface area contributed by atoms with Crippen LogP contribution in [-0.2, 0) is 11.3 Å². The molecule has 4 aromatic rings. The molecule has 0 aliphatic heterocycles. The van der Waals surface area contributed by atoms with Crippen molar-refractivity contribution in [1.82, 2.24) is 10.3 Å². The molecule has 0 unspecified atom stereocenters. The number of amides is 1. The number of rotatable bonds is 6. The minimum atomic E-state index is 0.0179. The maximum Gasteiger partial charge on any atom is 0.220 e. The van der Waals surface area contributed by atoms with Crippen molar-refractivity contribution in [3.63, 3.8) is 0 Å².